The van der Waals surface area contributed by atoms with Crippen LogP contribution in [0, 0.1) is 6.92 Å². The molecule has 3 rings (SSSR count). The molecule has 0 aliphatic rings. The van der Waals surface area contributed by atoms with Crippen molar-refractivity contribution in [2.45, 2.75) is 6.92 Å². The topological polar surface area (TPSA) is 57.4 Å². The highest BCUT2D eigenvalue weighted by molar-refractivity contribution is 5.84. The van der Waals surface area contributed by atoms with E-state index in [0.717, 1.165) is 22.7 Å². The van der Waals surface area contributed by atoms with Gasteiger partial charge in [0.25, 0.3) is 0 Å². The molecule has 0 fully saturated rings. The lowest BCUT2D eigenvalue weighted by Gasteiger charge is -2.06. The average molecular weight is 270 g/mol. The maximum atomic E-state index is 5.35. The van der Waals surface area contributed by atoms with Gasteiger partial charge >= 0.3 is 0 Å². The number of ether oxygens (including phenoxy) is 2. The lowest BCUT2D eigenvalue weighted by atomic mass is 10.1. The molecule has 0 radical (unpaired) electrons. The van der Waals surface area contributed by atoms with Gasteiger partial charge in [0.05, 0.1) is 19.9 Å². The third-order valence-corrected chi connectivity index (χ3v) is 3.14. The van der Waals surface area contributed by atoms with E-state index in [1.807, 2.05) is 37.3 Å². The number of methoxy groups -OCH3 is 2. The summed E-state index contributed by atoms with van der Waals surface area (Å²) in [5.41, 5.74) is 3.76. The Labute approximate surface area is 116 Å². The zero-order valence-electron chi connectivity index (χ0n) is 11.5. The zero-order valence-corrected chi connectivity index (χ0v) is 11.5. The molecule has 5 heteroatoms. The average Bonchev–Trinajstić information content (AvgIpc) is 2.88. The van der Waals surface area contributed by atoms with Gasteiger partial charge in [-0.1, -0.05) is 17.3 Å². The summed E-state index contributed by atoms with van der Waals surface area (Å²) in [4.78, 5) is 4.60. The van der Waals surface area contributed by atoms with Crippen LogP contribution in [-0.2, 0) is 0 Å². The first-order chi connectivity index (χ1) is 9.72. The van der Waals surface area contributed by atoms with E-state index in [4.69, 9.17) is 14.0 Å². The number of pyridine rings is 1. The molecule has 0 atom stereocenters. The maximum absolute atomic E-state index is 5.35. The number of benzene rings is 1. The molecule has 0 N–H and O–H groups in total. The van der Waals surface area contributed by atoms with Crippen LogP contribution in [0.5, 0.6) is 11.5 Å². The summed E-state index contributed by atoms with van der Waals surface area (Å²) < 4.78 is 15.8. The van der Waals surface area contributed by atoms with Crippen molar-refractivity contribution in [3.05, 3.63) is 36.0 Å². The minimum atomic E-state index is 0.566. The number of rotatable bonds is 3. The molecular weight excluding hydrogens is 256 g/mol. The fraction of sp³-hybridized carbons (Fsp3) is 0.200. The first-order valence-corrected chi connectivity index (χ1v) is 6.18. The Kier molecular flexibility index (Phi) is 3.02. The molecule has 0 saturated carbocycles. The summed E-state index contributed by atoms with van der Waals surface area (Å²) in [5.74, 6) is 1.40. The van der Waals surface area contributed by atoms with Crippen molar-refractivity contribution in [2.24, 2.45) is 0 Å². The van der Waals surface area contributed by atoms with Crippen LogP contribution in [0.4, 0.5) is 0 Å². The minimum absolute atomic E-state index is 0.566. The molecule has 0 aliphatic carbocycles. The monoisotopic (exact) mass is 270 g/mol. The predicted molar refractivity (Wildman–Crippen MR) is 75.1 cm³/mol. The van der Waals surface area contributed by atoms with Gasteiger partial charge in [-0.2, -0.15) is 0 Å². The molecule has 3 aromatic rings. The molecule has 0 bridgehead atoms. The summed E-state index contributed by atoms with van der Waals surface area (Å²) in [5, 5.41) is 3.93. The lowest BCUT2D eigenvalue weighted by molar-refractivity contribution is 0.391. The van der Waals surface area contributed by atoms with Gasteiger partial charge in [-0.3, -0.25) is 0 Å². The summed E-state index contributed by atoms with van der Waals surface area (Å²) in [7, 11) is 3.24. The smallest absolute Gasteiger partial charge is 0.227 e. The molecule has 1 aromatic carbocycles. The lowest BCUT2D eigenvalue weighted by Crippen LogP contribution is -1.91. The quantitative estimate of drug-likeness (QED) is 0.731. The maximum Gasteiger partial charge on any atom is 0.227 e. The van der Waals surface area contributed by atoms with E-state index in [1.165, 1.54) is 0 Å². The standard InChI is InChI=1S/C15H14N2O3/c1-9-14-15(20-17-9)13(19-3)8-12(16-14)10-5-4-6-11(7-10)18-2/h4-8H,1-3H3. The van der Waals surface area contributed by atoms with Gasteiger partial charge in [0.2, 0.25) is 5.58 Å². The Balaban J connectivity index is 2.22. The van der Waals surface area contributed by atoms with Crippen molar-refractivity contribution in [2.75, 3.05) is 14.2 Å². The van der Waals surface area contributed by atoms with Gasteiger partial charge < -0.3 is 14.0 Å². The van der Waals surface area contributed by atoms with Crippen LogP contribution in [0.2, 0.25) is 0 Å². The number of hydrogen-bond donors (Lipinski definition) is 0. The Hall–Kier alpha value is -2.56. The SMILES string of the molecule is COc1cccc(-c2cc(OC)c3onc(C)c3n2)c1. The second-order valence-electron chi connectivity index (χ2n) is 4.39. The highest BCUT2D eigenvalue weighted by atomic mass is 16.5. The van der Waals surface area contributed by atoms with Gasteiger partial charge in [0, 0.05) is 11.6 Å². The number of fused-ring (bicyclic) bond motifs is 1. The van der Waals surface area contributed by atoms with E-state index in [1.54, 1.807) is 14.2 Å². The first kappa shape index (κ1) is 12.5. The first-order valence-electron chi connectivity index (χ1n) is 6.18. The molecule has 2 heterocycles. The zero-order chi connectivity index (χ0) is 14.1. The predicted octanol–water partition coefficient (Wildman–Crippen LogP) is 3.22. The molecule has 102 valence electrons. The van der Waals surface area contributed by atoms with E-state index in [0.29, 0.717) is 16.8 Å². The molecule has 0 saturated heterocycles. The third kappa shape index (κ3) is 1.97. The van der Waals surface area contributed by atoms with Crippen LogP contribution < -0.4 is 9.47 Å². The number of hydrogen-bond acceptors (Lipinski definition) is 5. The minimum Gasteiger partial charge on any atom is -0.497 e. The molecule has 5 nitrogen and oxygen atoms in total. The van der Waals surface area contributed by atoms with Gasteiger partial charge in [0.15, 0.2) is 5.75 Å². The molecule has 20 heavy (non-hydrogen) atoms. The summed E-state index contributed by atoms with van der Waals surface area (Å²) in [6, 6.07) is 9.55. The largest absolute Gasteiger partial charge is 0.497 e. The Morgan fingerprint density at radius 3 is 2.70 bits per heavy atom. The van der Waals surface area contributed by atoms with Crippen LogP contribution in [-0.4, -0.2) is 24.4 Å². The van der Waals surface area contributed by atoms with E-state index in [-0.39, 0.29) is 0 Å². The van der Waals surface area contributed by atoms with Crippen molar-refractivity contribution in [3.63, 3.8) is 0 Å². The van der Waals surface area contributed by atoms with Crippen LogP contribution in [0.3, 0.4) is 0 Å². The van der Waals surface area contributed by atoms with Gasteiger partial charge in [-0.25, -0.2) is 4.98 Å². The Morgan fingerprint density at radius 1 is 1.10 bits per heavy atom. The van der Waals surface area contributed by atoms with E-state index >= 15 is 0 Å². The summed E-state index contributed by atoms with van der Waals surface area (Å²) in [6.07, 6.45) is 0. The van der Waals surface area contributed by atoms with Gasteiger partial charge in [-0.15, -0.1) is 0 Å². The van der Waals surface area contributed by atoms with Crippen molar-refractivity contribution >= 4 is 11.1 Å². The van der Waals surface area contributed by atoms with Crippen molar-refractivity contribution in [1.82, 2.24) is 10.1 Å². The molecule has 2 aromatic heterocycles. The number of nitrogens with zero attached hydrogens (tertiary/aromatic N) is 2. The van der Waals surface area contributed by atoms with Crippen molar-refractivity contribution in [3.8, 4) is 22.8 Å². The fourth-order valence-electron chi connectivity index (χ4n) is 2.08. The molecule has 0 amide bonds. The fourth-order valence-corrected chi connectivity index (χ4v) is 2.08. The van der Waals surface area contributed by atoms with E-state index < -0.39 is 0 Å². The highest BCUT2D eigenvalue weighted by Gasteiger charge is 2.14. The number of aryl methyl sites for hydroxylation is 1. The Bertz CT molecular complexity index is 765. The van der Waals surface area contributed by atoms with Crippen LogP contribution >= 0.6 is 0 Å². The summed E-state index contributed by atoms with van der Waals surface area (Å²) in [6.45, 7) is 1.85. The molecule has 0 unspecified atom stereocenters. The van der Waals surface area contributed by atoms with Crippen LogP contribution in [0.25, 0.3) is 22.4 Å². The normalized spacial score (nSPS) is 10.8. The summed E-state index contributed by atoms with van der Waals surface area (Å²) >= 11 is 0. The van der Waals surface area contributed by atoms with Crippen LogP contribution in [0.15, 0.2) is 34.9 Å². The molecular formula is C15H14N2O3. The van der Waals surface area contributed by atoms with Crippen molar-refractivity contribution < 1.29 is 14.0 Å². The second-order valence-corrected chi connectivity index (χ2v) is 4.39. The van der Waals surface area contributed by atoms with E-state index in [2.05, 4.69) is 10.1 Å². The van der Waals surface area contributed by atoms with Gasteiger partial charge in [-0.05, 0) is 19.1 Å². The van der Waals surface area contributed by atoms with E-state index in [9.17, 15) is 0 Å². The molecule has 0 spiro atoms. The van der Waals surface area contributed by atoms with Gasteiger partial charge in [0.1, 0.15) is 17.0 Å². The third-order valence-electron chi connectivity index (χ3n) is 3.14. The highest BCUT2D eigenvalue weighted by Crippen LogP contribution is 2.32. The van der Waals surface area contributed by atoms with Crippen LogP contribution in [0.1, 0.15) is 5.69 Å². The Morgan fingerprint density at radius 2 is 1.95 bits per heavy atom. The van der Waals surface area contributed by atoms with Crippen molar-refractivity contribution in [1.29, 1.82) is 0 Å². The number of aromatic nitrogens is 2. The second kappa shape index (κ2) is 4.85. The molecule has 0 aliphatic heterocycles.